The third-order valence-corrected chi connectivity index (χ3v) is 4.64. The maximum Gasteiger partial charge on any atom is 0.308 e. The van der Waals surface area contributed by atoms with E-state index in [0.717, 1.165) is 21.5 Å². The Labute approximate surface area is 155 Å². The van der Waals surface area contributed by atoms with E-state index in [1.807, 2.05) is 36.4 Å². The summed E-state index contributed by atoms with van der Waals surface area (Å²) in [7, 11) is 0. The largest absolute Gasteiger partial charge is 0.425 e. The highest BCUT2D eigenvalue weighted by Crippen LogP contribution is 2.36. The van der Waals surface area contributed by atoms with Gasteiger partial charge in [0, 0.05) is 13.8 Å². The van der Waals surface area contributed by atoms with Crippen LogP contribution in [0.4, 0.5) is 0 Å². The van der Waals surface area contributed by atoms with Crippen molar-refractivity contribution >= 4 is 65.3 Å². The molecule has 0 aliphatic carbocycles. The molecular formula is C18H12Br2O4. The van der Waals surface area contributed by atoms with Gasteiger partial charge in [0.1, 0.15) is 11.5 Å². The van der Waals surface area contributed by atoms with E-state index in [1.165, 1.54) is 13.8 Å². The number of hydrogen-bond donors (Lipinski definition) is 0. The second-order valence-electron chi connectivity index (χ2n) is 5.30. The van der Waals surface area contributed by atoms with Crippen molar-refractivity contribution in [3.05, 3.63) is 45.3 Å². The van der Waals surface area contributed by atoms with E-state index in [4.69, 9.17) is 9.47 Å². The van der Waals surface area contributed by atoms with Gasteiger partial charge in [-0.05, 0) is 89.8 Å². The van der Waals surface area contributed by atoms with Gasteiger partial charge in [-0.15, -0.1) is 0 Å². The van der Waals surface area contributed by atoms with Crippen molar-refractivity contribution in [1.29, 1.82) is 0 Å². The number of fused-ring (bicyclic) bond motifs is 2. The van der Waals surface area contributed by atoms with Gasteiger partial charge in [-0.3, -0.25) is 9.59 Å². The molecule has 3 aromatic carbocycles. The average molecular weight is 452 g/mol. The quantitative estimate of drug-likeness (QED) is 0.298. The van der Waals surface area contributed by atoms with E-state index in [0.29, 0.717) is 20.4 Å². The number of hydrogen-bond acceptors (Lipinski definition) is 4. The number of esters is 2. The van der Waals surface area contributed by atoms with Gasteiger partial charge in [0.25, 0.3) is 0 Å². The van der Waals surface area contributed by atoms with Crippen LogP contribution in [0.25, 0.3) is 21.5 Å². The molecule has 0 N–H and O–H groups in total. The fourth-order valence-corrected chi connectivity index (χ4v) is 3.35. The summed E-state index contributed by atoms with van der Waals surface area (Å²) < 4.78 is 11.8. The molecule has 0 radical (unpaired) electrons. The Morgan fingerprint density at radius 1 is 0.667 bits per heavy atom. The Morgan fingerprint density at radius 3 is 1.33 bits per heavy atom. The minimum atomic E-state index is -0.371. The van der Waals surface area contributed by atoms with Crippen molar-refractivity contribution in [3.8, 4) is 11.5 Å². The zero-order valence-corrected chi connectivity index (χ0v) is 16.0. The van der Waals surface area contributed by atoms with Crippen LogP contribution in [0, 0.1) is 0 Å². The number of halogens is 2. The molecule has 0 amide bonds. The first-order valence-electron chi connectivity index (χ1n) is 7.07. The van der Waals surface area contributed by atoms with Crippen LogP contribution < -0.4 is 9.47 Å². The molecule has 122 valence electrons. The van der Waals surface area contributed by atoms with Crippen LogP contribution >= 0.6 is 31.9 Å². The van der Waals surface area contributed by atoms with Crippen molar-refractivity contribution in [2.45, 2.75) is 13.8 Å². The van der Waals surface area contributed by atoms with Gasteiger partial charge in [0.15, 0.2) is 0 Å². The molecule has 0 fully saturated rings. The van der Waals surface area contributed by atoms with E-state index < -0.39 is 0 Å². The van der Waals surface area contributed by atoms with Gasteiger partial charge >= 0.3 is 11.9 Å². The van der Waals surface area contributed by atoms with Crippen molar-refractivity contribution in [2.75, 3.05) is 0 Å². The zero-order chi connectivity index (χ0) is 17.4. The fraction of sp³-hybridized carbons (Fsp3) is 0.111. The predicted molar refractivity (Wildman–Crippen MR) is 99.5 cm³/mol. The standard InChI is InChI=1S/C18H12Br2O4/c1-9(21)23-17-7-13-3-12-6-16(20)18(24-10(2)22)8-14(12)4-11(13)5-15(17)19/h3-8H,1-2H3. The summed E-state index contributed by atoms with van der Waals surface area (Å²) in [6.45, 7) is 2.73. The van der Waals surface area contributed by atoms with Crippen molar-refractivity contribution in [2.24, 2.45) is 0 Å². The molecule has 3 rings (SSSR count). The summed E-state index contributed by atoms with van der Waals surface area (Å²) in [4.78, 5) is 22.4. The topological polar surface area (TPSA) is 52.6 Å². The lowest BCUT2D eigenvalue weighted by molar-refractivity contribution is -0.132. The monoisotopic (exact) mass is 450 g/mol. The average Bonchev–Trinajstić information content (AvgIpc) is 2.46. The SMILES string of the molecule is CC(=O)Oc1cc2cc3cc(Br)c(OC(C)=O)cc3cc2cc1Br. The molecule has 4 nitrogen and oxygen atoms in total. The molecule has 0 aliphatic heterocycles. The molecule has 0 bridgehead atoms. The van der Waals surface area contributed by atoms with Crippen molar-refractivity contribution in [1.82, 2.24) is 0 Å². The lowest BCUT2D eigenvalue weighted by Gasteiger charge is -2.10. The molecule has 24 heavy (non-hydrogen) atoms. The highest BCUT2D eigenvalue weighted by Gasteiger charge is 2.10. The Hall–Kier alpha value is -1.92. The molecule has 0 saturated heterocycles. The summed E-state index contributed by atoms with van der Waals surface area (Å²) in [6.07, 6.45) is 0. The lowest BCUT2D eigenvalue weighted by Crippen LogP contribution is -2.02. The van der Waals surface area contributed by atoms with E-state index in [1.54, 1.807) is 0 Å². The first-order chi connectivity index (χ1) is 11.3. The van der Waals surface area contributed by atoms with Crippen LogP contribution in [0.2, 0.25) is 0 Å². The van der Waals surface area contributed by atoms with Gasteiger partial charge in [-0.2, -0.15) is 0 Å². The minimum Gasteiger partial charge on any atom is -0.425 e. The second kappa shape index (κ2) is 6.53. The summed E-state index contributed by atoms with van der Waals surface area (Å²) in [5.74, 6) is 0.212. The van der Waals surface area contributed by atoms with E-state index >= 15 is 0 Å². The summed E-state index contributed by atoms with van der Waals surface area (Å²) >= 11 is 6.83. The van der Waals surface area contributed by atoms with Gasteiger partial charge < -0.3 is 9.47 Å². The lowest BCUT2D eigenvalue weighted by atomic mass is 10.0. The Morgan fingerprint density at radius 2 is 1.00 bits per heavy atom. The molecule has 0 unspecified atom stereocenters. The van der Waals surface area contributed by atoms with Crippen LogP contribution in [0.5, 0.6) is 11.5 Å². The third-order valence-electron chi connectivity index (χ3n) is 3.40. The maximum absolute atomic E-state index is 11.2. The molecule has 0 heterocycles. The number of ether oxygens (including phenoxy) is 2. The maximum atomic E-state index is 11.2. The van der Waals surface area contributed by atoms with E-state index in [-0.39, 0.29) is 11.9 Å². The Kier molecular flexibility index (Phi) is 4.60. The molecule has 0 spiro atoms. The first-order valence-corrected chi connectivity index (χ1v) is 8.65. The molecular weight excluding hydrogens is 440 g/mol. The van der Waals surface area contributed by atoms with Crippen LogP contribution in [-0.4, -0.2) is 11.9 Å². The van der Waals surface area contributed by atoms with Crippen molar-refractivity contribution < 1.29 is 19.1 Å². The minimum absolute atomic E-state index is 0.371. The Balaban J connectivity index is 2.19. The smallest absolute Gasteiger partial charge is 0.308 e. The third kappa shape index (κ3) is 3.44. The first kappa shape index (κ1) is 16.9. The van der Waals surface area contributed by atoms with E-state index in [2.05, 4.69) is 31.9 Å². The Bertz CT molecular complexity index is 914. The van der Waals surface area contributed by atoms with Gasteiger partial charge in [-0.25, -0.2) is 0 Å². The van der Waals surface area contributed by atoms with Gasteiger partial charge in [-0.1, -0.05) is 0 Å². The summed E-state index contributed by atoms with van der Waals surface area (Å²) in [5.41, 5.74) is 0. The molecule has 0 atom stereocenters. The number of carbonyl (C=O) groups excluding carboxylic acids is 2. The molecule has 6 heteroatoms. The predicted octanol–water partition coefficient (Wildman–Crippen LogP) is 5.37. The normalized spacial score (nSPS) is 10.8. The molecule has 0 aromatic heterocycles. The van der Waals surface area contributed by atoms with Crippen LogP contribution in [0.15, 0.2) is 45.3 Å². The van der Waals surface area contributed by atoms with E-state index in [9.17, 15) is 9.59 Å². The fourth-order valence-electron chi connectivity index (χ4n) is 2.47. The molecule has 0 aliphatic rings. The van der Waals surface area contributed by atoms with Crippen molar-refractivity contribution in [3.63, 3.8) is 0 Å². The highest BCUT2D eigenvalue weighted by molar-refractivity contribution is 9.11. The molecule has 3 aromatic rings. The van der Waals surface area contributed by atoms with Crippen LogP contribution in [-0.2, 0) is 9.59 Å². The van der Waals surface area contributed by atoms with Gasteiger partial charge in [0.05, 0.1) is 8.95 Å². The molecule has 0 saturated carbocycles. The zero-order valence-electron chi connectivity index (χ0n) is 12.9. The van der Waals surface area contributed by atoms with Crippen LogP contribution in [0.1, 0.15) is 13.8 Å². The van der Waals surface area contributed by atoms with Gasteiger partial charge in [0.2, 0.25) is 0 Å². The highest BCUT2D eigenvalue weighted by atomic mass is 79.9. The number of carbonyl (C=O) groups is 2. The number of rotatable bonds is 2. The summed E-state index contributed by atoms with van der Waals surface area (Å²) in [5, 5.41) is 3.82. The van der Waals surface area contributed by atoms with Crippen LogP contribution in [0.3, 0.4) is 0 Å². The summed E-state index contributed by atoms with van der Waals surface area (Å²) in [6, 6.07) is 11.4. The second-order valence-corrected chi connectivity index (χ2v) is 7.01. The number of benzene rings is 3.